The number of unbranched alkanes of at least 4 members (excludes halogenated alkanes) is 1. The molecule has 0 spiro atoms. The quantitative estimate of drug-likeness (QED) is 0.121. The lowest BCUT2D eigenvalue weighted by molar-refractivity contribution is -0.151. The number of nitrogens with one attached hydrogen (secondary N) is 3. The molecular weight excluding hydrogens is 835 g/mol. The van der Waals surface area contributed by atoms with Gasteiger partial charge >= 0.3 is 18.2 Å². The van der Waals surface area contributed by atoms with E-state index in [1.165, 1.54) is 14.7 Å². The first-order chi connectivity index (χ1) is 30.5. The topological polar surface area (TPSA) is 230 Å². The molecular formula is C48H71N7O10. The SMILES string of the molecule is CCC(CN(CC(=O)N[C@H](Cc1ccccc1)C(=O)N[C@@H]1CC(C)N([C@H](CCCCNC(=O)OC(C)(C)C)C(=O)N2CCC(N)(C(=O)O)CC2)C1=O)C(=O)OC(C)(C)C)c1ccccc1. The van der Waals surface area contributed by atoms with Gasteiger partial charge in [0.15, 0.2) is 0 Å². The van der Waals surface area contributed by atoms with Gasteiger partial charge in [-0.3, -0.25) is 28.9 Å². The van der Waals surface area contributed by atoms with E-state index in [1.54, 1.807) is 48.5 Å². The third kappa shape index (κ3) is 15.7. The molecule has 2 unspecified atom stereocenters. The van der Waals surface area contributed by atoms with Gasteiger partial charge in [0.05, 0.1) is 0 Å². The van der Waals surface area contributed by atoms with E-state index in [1.807, 2.05) is 67.6 Å². The number of carboxylic acid groups (broad SMARTS) is 1. The number of rotatable bonds is 19. The Bertz CT molecular complexity index is 1940. The Morgan fingerprint density at radius 1 is 0.908 bits per heavy atom. The summed E-state index contributed by atoms with van der Waals surface area (Å²) in [5, 5.41) is 18.1. The van der Waals surface area contributed by atoms with Gasteiger partial charge in [0, 0.05) is 44.6 Å². The molecule has 0 aromatic heterocycles. The van der Waals surface area contributed by atoms with Gasteiger partial charge in [0.1, 0.15) is 41.4 Å². The number of hydrogen-bond donors (Lipinski definition) is 5. The average Bonchev–Trinajstić information content (AvgIpc) is 3.50. The van der Waals surface area contributed by atoms with Gasteiger partial charge in [0.2, 0.25) is 23.6 Å². The van der Waals surface area contributed by atoms with Gasteiger partial charge < -0.3 is 46.1 Å². The molecule has 2 aliphatic rings. The summed E-state index contributed by atoms with van der Waals surface area (Å²) in [5.41, 5.74) is 4.90. The van der Waals surface area contributed by atoms with Crippen LogP contribution in [0.2, 0.25) is 0 Å². The summed E-state index contributed by atoms with van der Waals surface area (Å²) in [6.45, 7) is 14.6. The molecule has 0 aliphatic carbocycles. The van der Waals surface area contributed by atoms with Crippen LogP contribution in [0.4, 0.5) is 9.59 Å². The van der Waals surface area contributed by atoms with Crippen molar-refractivity contribution in [2.75, 3.05) is 32.7 Å². The number of carbonyl (C=O) groups is 7. The molecule has 2 aliphatic heterocycles. The van der Waals surface area contributed by atoms with Crippen molar-refractivity contribution >= 4 is 41.8 Å². The number of amides is 6. The standard InChI is InChI=1S/C48H71N7O10/c1-9-34(35-20-14-11-15-21-35)30-54(45(63)65-47(6,7)8)31-39(56)51-36(29-33-18-12-10-13-19-33)40(57)52-37-28-32(2)55(41(37)58)38(22-16-17-25-50-44(62)64-46(3,4)5)42(59)53-26-23-48(49,24-27-53)43(60)61/h10-15,18-21,32,34,36-38H,9,16-17,22-31,49H2,1-8H3,(H,50,62)(H,51,56)(H,52,57)(H,60,61)/t32?,34?,36-,37-,38-/m1/s1. The van der Waals surface area contributed by atoms with Crippen LogP contribution in [0.5, 0.6) is 0 Å². The number of hydrogen-bond acceptors (Lipinski definition) is 10. The zero-order valence-corrected chi connectivity index (χ0v) is 39.4. The Kier molecular flexibility index (Phi) is 18.3. The van der Waals surface area contributed by atoms with Gasteiger partial charge in [0.25, 0.3) is 0 Å². The monoisotopic (exact) mass is 906 g/mol. The van der Waals surface area contributed by atoms with Crippen molar-refractivity contribution in [3.05, 3.63) is 71.8 Å². The van der Waals surface area contributed by atoms with Crippen LogP contribution in [0.1, 0.15) is 117 Å². The van der Waals surface area contributed by atoms with Crippen molar-refractivity contribution in [3.8, 4) is 0 Å². The predicted molar refractivity (Wildman–Crippen MR) is 244 cm³/mol. The van der Waals surface area contributed by atoms with Crippen molar-refractivity contribution < 1.29 is 48.1 Å². The third-order valence-electron chi connectivity index (χ3n) is 11.6. The molecule has 2 aromatic rings. The van der Waals surface area contributed by atoms with Crippen LogP contribution in [0.25, 0.3) is 0 Å². The Morgan fingerprint density at radius 3 is 2.08 bits per heavy atom. The van der Waals surface area contributed by atoms with E-state index in [0.717, 1.165) is 11.1 Å². The van der Waals surface area contributed by atoms with E-state index in [9.17, 15) is 38.7 Å². The fourth-order valence-corrected chi connectivity index (χ4v) is 8.17. The summed E-state index contributed by atoms with van der Waals surface area (Å²) in [5.74, 6) is -3.28. The molecule has 17 nitrogen and oxygen atoms in total. The number of ether oxygens (including phenoxy) is 2. The second-order valence-corrected chi connectivity index (χ2v) is 19.3. The normalized spacial score (nSPS) is 18.8. The largest absolute Gasteiger partial charge is 0.480 e. The van der Waals surface area contributed by atoms with E-state index in [2.05, 4.69) is 16.0 Å². The minimum Gasteiger partial charge on any atom is -0.480 e. The fraction of sp³-hybridized carbons (Fsp3) is 0.604. The molecule has 2 heterocycles. The second-order valence-electron chi connectivity index (χ2n) is 19.3. The van der Waals surface area contributed by atoms with Crippen LogP contribution in [-0.2, 0) is 39.9 Å². The number of aliphatic carboxylic acids is 1. The number of piperidine rings is 1. The smallest absolute Gasteiger partial charge is 0.410 e. The number of nitrogens with zero attached hydrogens (tertiary/aromatic N) is 3. The van der Waals surface area contributed by atoms with E-state index in [-0.39, 0.29) is 70.1 Å². The Labute approximate surface area is 383 Å². The molecule has 0 bridgehead atoms. The van der Waals surface area contributed by atoms with Gasteiger partial charge in [-0.15, -0.1) is 0 Å². The lowest BCUT2D eigenvalue weighted by Crippen LogP contribution is -2.60. The van der Waals surface area contributed by atoms with Crippen LogP contribution in [0.15, 0.2) is 60.7 Å². The summed E-state index contributed by atoms with van der Waals surface area (Å²) < 4.78 is 11.0. The first-order valence-corrected chi connectivity index (χ1v) is 22.8. The summed E-state index contributed by atoms with van der Waals surface area (Å²) in [6, 6.07) is 15.2. The molecule has 5 atom stereocenters. The number of likely N-dealkylation sites (tertiary alicyclic amines) is 2. The summed E-state index contributed by atoms with van der Waals surface area (Å²) >= 11 is 0. The molecule has 358 valence electrons. The molecule has 4 rings (SSSR count). The highest BCUT2D eigenvalue weighted by atomic mass is 16.6. The Morgan fingerprint density at radius 2 is 1.51 bits per heavy atom. The minimum absolute atomic E-state index is 0.0407. The molecule has 0 radical (unpaired) electrons. The maximum atomic E-state index is 14.4. The zero-order chi connectivity index (χ0) is 48.1. The number of alkyl carbamates (subject to hydrolysis) is 1. The molecule has 2 fully saturated rings. The molecule has 0 saturated carbocycles. The first-order valence-electron chi connectivity index (χ1n) is 22.8. The van der Waals surface area contributed by atoms with Gasteiger partial charge in [-0.2, -0.15) is 0 Å². The van der Waals surface area contributed by atoms with Crippen molar-refractivity contribution in [2.24, 2.45) is 5.73 Å². The van der Waals surface area contributed by atoms with Crippen LogP contribution < -0.4 is 21.7 Å². The molecule has 6 amide bonds. The van der Waals surface area contributed by atoms with Crippen LogP contribution in [0.3, 0.4) is 0 Å². The van der Waals surface area contributed by atoms with E-state index in [0.29, 0.717) is 19.3 Å². The summed E-state index contributed by atoms with van der Waals surface area (Å²) in [4.78, 5) is 99.0. The number of carbonyl (C=O) groups excluding carboxylic acids is 6. The van der Waals surface area contributed by atoms with Gasteiger partial charge in [-0.25, -0.2) is 9.59 Å². The number of nitrogens with two attached hydrogens (primary N) is 1. The van der Waals surface area contributed by atoms with E-state index >= 15 is 0 Å². The van der Waals surface area contributed by atoms with Crippen LogP contribution in [-0.4, -0.2) is 135 Å². The molecule has 2 aromatic carbocycles. The number of benzene rings is 2. The zero-order valence-electron chi connectivity index (χ0n) is 39.4. The van der Waals surface area contributed by atoms with Gasteiger partial charge in [-0.1, -0.05) is 67.6 Å². The van der Waals surface area contributed by atoms with Crippen molar-refractivity contribution in [3.63, 3.8) is 0 Å². The van der Waals surface area contributed by atoms with E-state index < -0.39 is 83.3 Å². The van der Waals surface area contributed by atoms with Crippen LogP contribution in [0, 0.1) is 0 Å². The third-order valence-corrected chi connectivity index (χ3v) is 11.6. The maximum Gasteiger partial charge on any atom is 0.410 e. The highest BCUT2D eigenvalue weighted by molar-refractivity contribution is 5.96. The molecule has 6 N–H and O–H groups in total. The first kappa shape index (κ1) is 51.9. The van der Waals surface area contributed by atoms with E-state index in [4.69, 9.17) is 15.2 Å². The average molecular weight is 906 g/mol. The van der Waals surface area contributed by atoms with Crippen molar-refractivity contribution in [1.82, 2.24) is 30.7 Å². The Balaban J connectivity index is 1.52. The highest BCUT2D eigenvalue weighted by Crippen LogP contribution is 2.29. The van der Waals surface area contributed by atoms with Gasteiger partial charge in [-0.05, 0) is 105 Å². The minimum atomic E-state index is -1.47. The molecule has 17 heteroatoms. The maximum absolute atomic E-state index is 14.4. The predicted octanol–water partition coefficient (Wildman–Crippen LogP) is 4.72. The fourth-order valence-electron chi connectivity index (χ4n) is 8.17. The summed E-state index contributed by atoms with van der Waals surface area (Å²) in [7, 11) is 0. The lowest BCUT2D eigenvalue weighted by atomic mass is 9.88. The Hall–Kier alpha value is -5.71. The van der Waals surface area contributed by atoms with Crippen molar-refractivity contribution in [1.29, 1.82) is 0 Å². The second kappa shape index (κ2) is 23.0. The molecule has 2 saturated heterocycles. The summed E-state index contributed by atoms with van der Waals surface area (Å²) in [6.07, 6.45) is 0.935. The highest BCUT2D eigenvalue weighted by Gasteiger charge is 2.47. The number of carboxylic acids is 1. The van der Waals surface area contributed by atoms with Crippen LogP contribution >= 0.6 is 0 Å². The van der Waals surface area contributed by atoms with Crippen molar-refractivity contribution in [2.45, 2.75) is 154 Å². The lowest BCUT2D eigenvalue weighted by Gasteiger charge is -2.40. The molecule has 65 heavy (non-hydrogen) atoms.